The first-order valence-electron chi connectivity index (χ1n) is 5.86. The van der Waals surface area contributed by atoms with Crippen molar-refractivity contribution >= 4 is 11.9 Å². The predicted molar refractivity (Wildman–Crippen MR) is 58.0 cm³/mol. The third kappa shape index (κ3) is 2.04. The molecule has 2 aliphatic rings. The van der Waals surface area contributed by atoms with Gasteiger partial charge in [-0.2, -0.15) is 0 Å². The van der Waals surface area contributed by atoms with Crippen LogP contribution in [0.15, 0.2) is 0 Å². The van der Waals surface area contributed by atoms with E-state index in [1.807, 2.05) is 0 Å². The van der Waals surface area contributed by atoms with Crippen molar-refractivity contribution in [1.82, 2.24) is 9.80 Å². The second-order valence-corrected chi connectivity index (χ2v) is 4.62. The van der Waals surface area contributed by atoms with Gasteiger partial charge in [0.25, 0.3) is 0 Å². The number of rotatable bonds is 3. The highest BCUT2D eigenvalue weighted by Crippen LogP contribution is 2.24. The van der Waals surface area contributed by atoms with Gasteiger partial charge in [0.2, 0.25) is 5.91 Å². The summed E-state index contributed by atoms with van der Waals surface area (Å²) in [7, 11) is 0. The standard InChI is InChI=1S/C11H18N2O3/c1-2-12-4-3-9(7-12)13-6-8(11(15)16)5-10(13)14/h8-9H,2-7H2,1H3,(H,15,16). The predicted octanol–water partition coefficient (Wildman–Crippen LogP) is 0.0137. The van der Waals surface area contributed by atoms with E-state index in [-0.39, 0.29) is 18.4 Å². The summed E-state index contributed by atoms with van der Waals surface area (Å²) in [6.45, 7) is 5.42. The van der Waals surface area contributed by atoms with Crippen LogP contribution in [0.2, 0.25) is 0 Å². The van der Waals surface area contributed by atoms with Crippen molar-refractivity contribution in [2.45, 2.75) is 25.8 Å². The van der Waals surface area contributed by atoms with Gasteiger partial charge in [0, 0.05) is 32.1 Å². The van der Waals surface area contributed by atoms with E-state index < -0.39 is 11.9 Å². The van der Waals surface area contributed by atoms with Crippen LogP contribution in [0.3, 0.4) is 0 Å². The molecule has 2 atom stereocenters. The van der Waals surface area contributed by atoms with Crippen molar-refractivity contribution < 1.29 is 14.7 Å². The van der Waals surface area contributed by atoms with Gasteiger partial charge in [-0.25, -0.2) is 0 Å². The lowest BCUT2D eigenvalue weighted by Crippen LogP contribution is -2.39. The molecule has 2 saturated heterocycles. The van der Waals surface area contributed by atoms with E-state index in [1.54, 1.807) is 4.90 Å². The molecule has 5 nitrogen and oxygen atoms in total. The number of hydrogen-bond donors (Lipinski definition) is 1. The number of likely N-dealkylation sites (N-methyl/N-ethyl adjacent to an activating group) is 1. The molecule has 5 heteroatoms. The van der Waals surface area contributed by atoms with E-state index >= 15 is 0 Å². The van der Waals surface area contributed by atoms with Crippen LogP contribution in [0.5, 0.6) is 0 Å². The third-order valence-electron chi connectivity index (χ3n) is 3.64. The zero-order valence-electron chi connectivity index (χ0n) is 9.56. The van der Waals surface area contributed by atoms with Crippen molar-refractivity contribution in [3.05, 3.63) is 0 Å². The largest absolute Gasteiger partial charge is 0.481 e. The normalized spacial score (nSPS) is 31.3. The maximum absolute atomic E-state index is 11.7. The first-order valence-corrected chi connectivity index (χ1v) is 5.86. The molecule has 1 amide bonds. The molecule has 0 saturated carbocycles. The number of hydrogen-bond acceptors (Lipinski definition) is 3. The number of aliphatic carboxylic acids is 1. The lowest BCUT2D eigenvalue weighted by Gasteiger charge is -2.24. The molecule has 2 rings (SSSR count). The second kappa shape index (κ2) is 4.41. The first kappa shape index (κ1) is 11.4. The average molecular weight is 226 g/mol. The molecule has 0 aromatic carbocycles. The zero-order valence-corrected chi connectivity index (χ0v) is 9.56. The summed E-state index contributed by atoms with van der Waals surface area (Å²) in [6.07, 6.45) is 1.16. The molecule has 2 aliphatic heterocycles. The van der Waals surface area contributed by atoms with Gasteiger partial charge in [0.05, 0.1) is 5.92 Å². The average Bonchev–Trinajstić information content (AvgIpc) is 2.83. The van der Waals surface area contributed by atoms with Gasteiger partial charge >= 0.3 is 5.97 Å². The number of carbonyl (C=O) groups excluding carboxylic acids is 1. The molecule has 2 heterocycles. The fourth-order valence-electron chi connectivity index (χ4n) is 2.60. The van der Waals surface area contributed by atoms with E-state index in [1.165, 1.54) is 0 Å². The Morgan fingerprint density at radius 3 is 2.75 bits per heavy atom. The summed E-state index contributed by atoms with van der Waals surface area (Å²) in [5, 5.41) is 8.90. The van der Waals surface area contributed by atoms with Crippen molar-refractivity contribution in [1.29, 1.82) is 0 Å². The Hall–Kier alpha value is -1.10. The highest BCUT2D eigenvalue weighted by Gasteiger charge is 2.39. The van der Waals surface area contributed by atoms with Gasteiger partial charge in [0.15, 0.2) is 0 Å². The molecule has 0 aliphatic carbocycles. The van der Waals surface area contributed by atoms with Gasteiger partial charge in [-0.05, 0) is 13.0 Å². The highest BCUT2D eigenvalue weighted by molar-refractivity contribution is 5.86. The van der Waals surface area contributed by atoms with Gasteiger partial charge in [-0.15, -0.1) is 0 Å². The van der Waals surface area contributed by atoms with Crippen LogP contribution >= 0.6 is 0 Å². The smallest absolute Gasteiger partial charge is 0.308 e. The number of carboxylic acids is 1. The fourth-order valence-corrected chi connectivity index (χ4v) is 2.60. The molecule has 2 fully saturated rings. The summed E-state index contributed by atoms with van der Waals surface area (Å²) < 4.78 is 0. The molecule has 16 heavy (non-hydrogen) atoms. The molecule has 0 aromatic rings. The van der Waals surface area contributed by atoms with Crippen LogP contribution < -0.4 is 0 Å². The maximum Gasteiger partial charge on any atom is 0.308 e. The van der Waals surface area contributed by atoms with E-state index in [0.29, 0.717) is 6.54 Å². The van der Waals surface area contributed by atoms with Crippen molar-refractivity contribution in [2.75, 3.05) is 26.2 Å². The van der Waals surface area contributed by atoms with E-state index in [0.717, 1.165) is 26.1 Å². The number of carbonyl (C=O) groups is 2. The highest BCUT2D eigenvalue weighted by atomic mass is 16.4. The minimum Gasteiger partial charge on any atom is -0.481 e. The minimum atomic E-state index is -0.846. The zero-order chi connectivity index (χ0) is 11.7. The van der Waals surface area contributed by atoms with E-state index in [4.69, 9.17) is 5.11 Å². The Labute approximate surface area is 95.0 Å². The third-order valence-corrected chi connectivity index (χ3v) is 3.64. The maximum atomic E-state index is 11.7. The van der Waals surface area contributed by atoms with Gasteiger partial charge < -0.3 is 14.9 Å². The summed E-state index contributed by atoms with van der Waals surface area (Å²) >= 11 is 0. The van der Waals surface area contributed by atoms with Crippen LogP contribution in [0.4, 0.5) is 0 Å². The summed E-state index contributed by atoms with van der Waals surface area (Å²) in [4.78, 5) is 26.6. The van der Waals surface area contributed by atoms with Crippen molar-refractivity contribution in [3.63, 3.8) is 0 Å². The number of likely N-dealkylation sites (tertiary alicyclic amines) is 2. The molecule has 0 aromatic heterocycles. The van der Waals surface area contributed by atoms with Crippen LogP contribution in [0, 0.1) is 5.92 Å². The van der Waals surface area contributed by atoms with E-state index in [2.05, 4.69) is 11.8 Å². The topological polar surface area (TPSA) is 60.9 Å². The molecule has 90 valence electrons. The molecular formula is C11H18N2O3. The van der Waals surface area contributed by atoms with Crippen LogP contribution in [-0.4, -0.2) is 59.0 Å². The molecule has 1 N–H and O–H groups in total. The second-order valence-electron chi connectivity index (χ2n) is 4.62. The molecular weight excluding hydrogens is 208 g/mol. The Morgan fingerprint density at radius 1 is 1.50 bits per heavy atom. The molecule has 0 radical (unpaired) electrons. The Balaban J connectivity index is 1.96. The number of amides is 1. The van der Waals surface area contributed by atoms with Gasteiger partial charge in [-0.3, -0.25) is 9.59 Å². The fraction of sp³-hybridized carbons (Fsp3) is 0.818. The van der Waals surface area contributed by atoms with Crippen LogP contribution in [-0.2, 0) is 9.59 Å². The van der Waals surface area contributed by atoms with Gasteiger partial charge in [0.1, 0.15) is 0 Å². The Bertz CT molecular complexity index is 306. The quantitative estimate of drug-likeness (QED) is 0.736. The van der Waals surface area contributed by atoms with Crippen molar-refractivity contribution in [2.24, 2.45) is 5.92 Å². The van der Waals surface area contributed by atoms with Crippen molar-refractivity contribution in [3.8, 4) is 0 Å². The summed E-state index contributed by atoms with van der Waals surface area (Å²) in [5.41, 5.74) is 0. The number of nitrogens with zero attached hydrogens (tertiary/aromatic N) is 2. The Morgan fingerprint density at radius 2 is 2.25 bits per heavy atom. The van der Waals surface area contributed by atoms with Crippen LogP contribution in [0.1, 0.15) is 19.8 Å². The van der Waals surface area contributed by atoms with E-state index in [9.17, 15) is 9.59 Å². The summed E-state index contributed by atoms with van der Waals surface area (Å²) in [6, 6.07) is 0.233. The van der Waals surface area contributed by atoms with Gasteiger partial charge in [-0.1, -0.05) is 6.92 Å². The number of carboxylic acid groups (broad SMARTS) is 1. The van der Waals surface area contributed by atoms with Crippen LogP contribution in [0.25, 0.3) is 0 Å². The lowest BCUT2D eigenvalue weighted by molar-refractivity contribution is -0.141. The molecule has 2 unspecified atom stereocenters. The first-order chi connectivity index (χ1) is 7.61. The SMILES string of the molecule is CCN1CCC(N2CC(C(=O)O)CC2=O)C1. The minimum absolute atomic E-state index is 0.00959. The molecule has 0 spiro atoms. The Kier molecular flexibility index (Phi) is 3.14. The lowest BCUT2D eigenvalue weighted by atomic mass is 10.1. The summed E-state index contributed by atoms with van der Waals surface area (Å²) in [5.74, 6) is -1.33. The monoisotopic (exact) mass is 226 g/mol. The molecule has 0 bridgehead atoms.